The molecule has 5 nitrogen and oxygen atoms in total. The minimum atomic E-state index is 0.601. The van der Waals surface area contributed by atoms with Gasteiger partial charge in [-0.05, 0) is 30.2 Å². The van der Waals surface area contributed by atoms with E-state index in [1.165, 1.54) is 11.1 Å². The molecule has 0 aliphatic heterocycles. The number of benzene rings is 1. The van der Waals surface area contributed by atoms with Crippen LogP contribution in [-0.2, 0) is 24.4 Å². The second-order valence-corrected chi connectivity index (χ2v) is 5.07. The van der Waals surface area contributed by atoms with E-state index in [4.69, 9.17) is 4.74 Å². The van der Waals surface area contributed by atoms with Crippen molar-refractivity contribution in [2.75, 3.05) is 13.7 Å². The number of hydrogen-bond donors (Lipinski definition) is 2. The molecule has 0 unspecified atom stereocenters. The Morgan fingerprint density at radius 3 is 2.57 bits per heavy atom. The van der Waals surface area contributed by atoms with Crippen molar-refractivity contribution in [3.8, 4) is 0 Å². The molecule has 0 aliphatic rings. The first-order valence-electron chi connectivity index (χ1n) is 7.81. The van der Waals surface area contributed by atoms with Gasteiger partial charge >= 0.3 is 0 Å². The molecule has 2 N–H and O–H groups in total. The summed E-state index contributed by atoms with van der Waals surface area (Å²) in [6.45, 7) is 4.72. The van der Waals surface area contributed by atoms with Crippen LogP contribution in [0.5, 0.6) is 0 Å². The summed E-state index contributed by atoms with van der Waals surface area (Å²) in [5.41, 5.74) is 3.32. The Kier molecular flexibility index (Phi) is 7.07. The molecule has 1 heterocycles. The summed E-state index contributed by atoms with van der Waals surface area (Å²) in [5, 5.41) is 6.56. The van der Waals surface area contributed by atoms with Crippen LogP contribution in [0.25, 0.3) is 0 Å². The summed E-state index contributed by atoms with van der Waals surface area (Å²) in [6.07, 6.45) is 1.79. The lowest BCUT2D eigenvalue weighted by molar-refractivity contribution is 0.184. The number of hydrogen-bond acceptors (Lipinski definition) is 3. The van der Waals surface area contributed by atoms with E-state index in [9.17, 15) is 0 Å². The molecule has 1 aromatic heterocycles. The van der Waals surface area contributed by atoms with Gasteiger partial charge in [0.1, 0.15) is 0 Å². The van der Waals surface area contributed by atoms with Gasteiger partial charge in [-0.2, -0.15) is 0 Å². The van der Waals surface area contributed by atoms with Gasteiger partial charge in [0.05, 0.1) is 25.4 Å². The van der Waals surface area contributed by atoms with Crippen molar-refractivity contribution in [2.24, 2.45) is 4.99 Å². The highest BCUT2D eigenvalue weighted by molar-refractivity contribution is 5.79. The van der Waals surface area contributed by atoms with Gasteiger partial charge in [0.15, 0.2) is 5.96 Å². The number of nitrogens with one attached hydrogen (secondary N) is 2. The number of nitrogens with zero attached hydrogens (tertiary/aromatic N) is 2. The Morgan fingerprint density at radius 1 is 1.09 bits per heavy atom. The maximum absolute atomic E-state index is 5.24. The first-order valence-corrected chi connectivity index (χ1v) is 7.81. The molecule has 0 bridgehead atoms. The van der Waals surface area contributed by atoms with Gasteiger partial charge in [-0.15, -0.1) is 0 Å². The van der Waals surface area contributed by atoms with Crippen molar-refractivity contribution in [1.82, 2.24) is 15.6 Å². The molecular weight excluding hydrogens is 288 g/mol. The summed E-state index contributed by atoms with van der Waals surface area (Å²) in [7, 11) is 1.71. The third-order valence-electron chi connectivity index (χ3n) is 3.33. The number of methoxy groups -OCH3 is 1. The average molecular weight is 312 g/mol. The van der Waals surface area contributed by atoms with Crippen molar-refractivity contribution in [3.63, 3.8) is 0 Å². The third kappa shape index (κ3) is 5.71. The van der Waals surface area contributed by atoms with Gasteiger partial charge in [-0.3, -0.25) is 4.98 Å². The molecule has 5 heteroatoms. The fourth-order valence-corrected chi connectivity index (χ4v) is 2.19. The zero-order valence-corrected chi connectivity index (χ0v) is 13.7. The predicted octanol–water partition coefficient (Wildman–Crippen LogP) is 2.48. The molecule has 0 radical (unpaired) electrons. The zero-order valence-electron chi connectivity index (χ0n) is 13.7. The van der Waals surface area contributed by atoms with E-state index in [1.807, 2.05) is 30.3 Å². The molecule has 0 fully saturated rings. The van der Waals surface area contributed by atoms with Crippen molar-refractivity contribution in [2.45, 2.75) is 26.6 Å². The van der Waals surface area contributed by atoms with E-state index in [0.29, 0.717) is 19.7 Å². The number of pyridine rings is 1. The molecule has 0 saturated carbocycles. The van der Waals surface area contributed by atoms with E-state index in [0.717, 1.165) is 18.2 Å². The molecule has 0 saturated heterocycles. The number of aliphatic imine (C=N–C) groups is 1. The van der Waals surface area contributed by atoms with Crippen LogP contribution >= 0.6 is 0 Å². The van der Waals surface area contributed by atoms with Crippen LogP contribution in [0.15, 0.2) is 53.7 Å². The molecule has 2 rings (SSSR count). The van der Waals surface area contributed by atoms with Gasteiger partial charge in [-0.1, -0.05) is 30.3 Å². The normalized spacial score (nSPS) is 11.3. The summed E-state index contributed by atoms with van der Waals surface area (Å²) >= 11 is 0. The molecule has 1 aromatic carbocycles. The van der Waals surface area contributed by atoms with Crippen LogP contribution in [0, 0.1) is 0 Å². The van der Waals surface area contributed by atoms with Gasteiger partial charge in [0.25, 0.3) is 0 Å². The largest absolute Gasteiger partial charge is 0.380 e. The predicted molar refractivity (Wildman–Crippen MR) is 93.0 cm³/mol. The Morgan fingerprint density at radius 2 is 1.87 bits per heavy atom. The Labute approximate surface area is 137 Å². The smallest absolute Gasteiger partial charge is 0.191 e. The summed E-state index contributed by atoms with van der Waals surface area (Å²) < 4.78 is 5.24. The van der Waals surface area contributed by atoms with Crippen LogP contribution in [0.2, 0.25) is 0 Å². The number of aromatic nitrogens is 1. The van der Waals surface area contributed by atoms with Crippen LogP contribution in [0.4, 0.5) is 0 Å². The van der Waals surface area contributed by atoms with Crippen LogP contribution in [0.1, 0.15) is 23.7 Å². The first kappa shape index (κ1) is 17.0. The molecule has 0 atom stereocenters. The second kappa shape index (κ2) is 9.58. The quantitative estimate of drug-likeness (QED) is 0.609. The topological polar surface area (TPSA) is 58.5 Å². The van der Waals surface area contributed by atoms with Gasteiger partial charge in [0.2, 0.25) is 0 Å². The molecule has 2 aromatic rings. The average Bonchev–Trinajstić information content (AvgIpc) is 2.60. The van der Waals surface area contributed by atoms with Crippen LogP contribution < -0.4 is 10.6 Å². The van der Waals surface area contributed by atoms with E-state index >= 15 is 0 Å². The SMILES string of the molecule is CCNC(=NCc1ccccc1COC)NCc1ccccn1. The summed E-state index contributed by atoms with van der Waals surface area (Å²) in [6, 6.07) is 14.1. The second-order valence-electron chi connectivity index (χ2n) is 5.07. The lowest BCUT2D eigenvalue weighted by atomic mass is 10.1. The molecule has 0 spiro atoms. The third-order valence-corrected chi connectivity index (χ3v) is 3.33. The highest BCUT2D eigenvalue weighted by Gasteiger charge is 2.02. The Hall–Kier alpha value is -2.40. The number of ether oxygens (including phenoxy) is 1. The fourth-order valence-electron chi connectivity index (χ4n) is 2.19. The number of rotatable bonds is 7. The fraction of sp³-hybridized carbons (Fsp3) is 0.333. The van der Waals surface area contributed by atoms with E-state index in [1.54, 1.807) is 13.3 Å². The van der Waals surface area contributed by atoms with Crippen LogP contribution in [-0.4, -0.2) is 24.6 Å². The molecule has 0 aliphatic carbocycles. The van der Waals surface area contributed by atoms with Gasteiger partial charge in [-0.25, -0.2) is 4.99 Å². The molecule has 122 valence electrons. The summed E-state index contributed by atoms with van der Waals surface area (Å²) in [5.74, 6) is 0.783. The standard InChI is InChI=1S/C18H24N4O/c1-3-19-18(22-13-17-10-6-7-11-20-17)21-12-15-8-4-5-9-16(15)14-23-2/h4-11H,3,12-14H2,1-2H3,(H2,19,21,22). The van der Waals surface area contributed by atoms with Crippen molar-refractivity contribution >= 4 is 5.96 Å². The zero-order chi connectivity index (χ0) is 16.3. The minimum absolute atomic E-state index is 0.601. The maximum Gasteiger partial charge on any atom is 0.191 e. The van der Waals surface area contributed by atoms with Gasteiger partial charge in [0, 0.05) is 19.9 Å². The van der Waals surface area contributed by atoms with Crippen molar-refractivity contribution < 1.29 is 4.74 Å². The maximum atomic E-state index is 5.24. The van der Waals surface area contributed by atoms with Crippen molar-refractivity contribution in [3.05, 3.63) is 65.5 Å². The summed E-state index contributed by atoms with van der Waals surface area (Å²) in [4.78, 5) is 8.96. The molecule has 23 heavy (non-hydrogen) atoms. The minimum Gasteiger partial charge on any atom is -0.380 e. The lowest BCUT2D eigenvalue weighted by Crippen LogP contribution is -2.37. The number of guanidine groups is 1. The van der Waals surface area contributed by atoms with Gasteiger partial charge < -0.3 is 15.4 Å². The monoisotopic (exact) mass is 312 g/mol. The highest BCUT2D eigenvalue weighted by atomic mass is 16.5. The molecule has 0 amide bonds. The molecular formula is C18H24N4O. The Bertz CT molecular complexity index is 613. The highest BCUT2D eigenvalue weighted by Crippen LogP contribution is 2.11. The first-order chi connectivity index (χ1) is 11.3. The lowest BCUT2D eigenvalue weighted by Gasteiger charge is -2.12. The van der Waals surface area contributed by atoms with Crippen LogP contribution in [0.3, 0.4) is 0 Å². The van der Waals surface area contributed by atoms with Crippen molar-refractivity contribution in [1.29, 1.82) is 0 Å². The Balaban J connectivity index is 2.01. The van der Waals surface area contributed by atoms with E-state index in [-0.39, 0.29) is 0 Å². The van der Waals surface area contributed by atoms with E-state index in [2.05, 4.69) is 39.7 Å². The van der Waals surface area contributed by atoms with E-state index < -0.39 is 0 Å².